The van der Waals surface area contributed by atoms with E-state index >= 15 is 8.78 Å². The van der Waals surface area contributed by atoms with Crippen molar-refractivity contribution in [3.8, 4) is 23.0 Å². The quantitative estimate of drug-likeness (QED) is 0.111. The standard InChI is InChI=1S/C33H26F10O4/c1-29(2,21-13-17-25(18-14-21)46-32(42,27(34)30(36,37)38)44-23-9-5-3-6-10-23)22-15-19-26(20-16-22)47-33(43,28(35)31(39,40)41)45-24-11-7-4-8-12-24/h3-20,27-28H,1-2H3. The Morgan fingerprint density at radius 1 is 0.404 bits per heavy atom. The van der Waals surface area contributed by atoms with Crippen LogP contribution in [0.25, 0.3) is 0 Å². The number of hydrogen-bond donors (Lipinski definition) is 0. The third kappa shape index (κ3) is 8.40. The molecule has 0 saturated carbocycles. The summed E-state index contributed by atoms with van der Waals surface area (Å²) in [6, 6.07) is 13.9. The first-order valence-electron chi connectivity index (χ1n) is 13.7. The summed E-state index contributed by atoms with van der Waals surface area (Å²) in [6.45, 7) is 3.36. The van der Waals surface area contributed by atoms with E-state index in [4.69, 9.17) is 9.47 Å². The van der Waals surface area contributed by atoms with E-state index in [1.54, 1.807) is 13.8 Å². The molecule has 0 spiro atoms. The average Bonchev–Trinajstić information content (AvgIpc) is 3.01. The molecule has 4 aromatic carbocycles. The van der Waals surface area contributed by atoms with Gasteiger partial charge in [0, 0.05) is 5.41 Å². The first kappa shape index (κ1) is 35.2. The molecule has 0 bridgehead atoms. The molecule has 252 valence electrons. The number of benzene rings is 4. The molecule has 0 aliphatic rings. The molecule has 0 saturated heterocycles. The van der Waals surface area contributed by atoms with Crippen molar-refractivity contribution in [1.29, 1.82) is 0 Å². The van der Waals surface area contributed by atoms with Gasteiger partial charge in [-0.05, 0) is 59.7 Å². The fraction of sp³-hybridized carbons (Fsp3) is 0.273. The molecule has 0 aromatic heterocycles. The van der Waals surface area contributed by atoms with Crippen molar-refractivity contribution in [3.63, 3.8) is 0 Å². The Balaban J connectivity index is 1.54. The van der Waals surface area contributed by atoms with Gasteiger partial charge in [0.25, 0.3) is 0 Å². The lowest BCUT2D eigenvalue weighted by Gasteiger charge is -2.31. The summed E-state index contributed by atoms with van der Waals surface area (Å²) < 4.78 is 157. The van der Waals surface area contributed by atoms with Crippen LogP contribution in [0.5, 0.6) is 23.0 Å². The highest BCUT2D eigenvalue weighted by Crippen LogP contribution is 2.40. The van der Waals surface area contributed by atoms with Crippen molar-refractivity contribution in [1.82, 2.24) is 0 Å². The van der Waals surface area contributed by atoms with Crippen LogP contribution in [0.3, 0.4) is 0 Å². The van der Waals surface area contributed by atoms with Crippen LogP contribution in [0.15, 0.2) is 109 Å². The van der Waals surface area contributed by atoms with E-state index in [0.29, 0.717) is 11.1 Å². The van der Waals surface area contributed by atoms with E-state index in [2.05, 4.69) is 9.47 Å². The molecule has 4 aromatic rings. The number of rotatable bonds is 12. The lowest BCUT2D eigenvalue weighted by molar-refractivity contribution is -0.325. The van der Waals surface area contributed by atoms with Gasteiger partial charge >= 0.3 is 36.8 Å². The highest BCUT2D eigenvalue weighted by Gasteiger charge is 2.62. The summed E-state index contributed by atoms with van der Waals surface area (Å²) >= 11 is 0. The zero-order valence-electron chi connectivity index (χ0n) is 24.5. The summed E-state index contributed by atoms with van der Waals surface area (Å²) in [6.07, 6.45) is -19.7. The third-order valence-corrected chi connectivity index (χ3v) is 6.85. The average molecular weight is 677 g/mol. The molecule has 0 aliphatic carbocycles. The van der Waals surface area contributed by atoms with Crippen molar-refractivity contribution >= 4 is 0 Å². The van der Waals surface area contributed by atoms with Crippen molar-refractivity contribution in [2.75, 3.05) is 0 Å². The van der Waals surface area contributed by atoms with Gasteiger partial charge in [-0.2, -0.15) is 35.1 Å². The van der Waals surface area contributed by atoms with Crippen LogP contribution < -0.4 is 18.9 Å². The minimum atomic E-state index is -5.67. The number of hydrogen-bond acceptors (Lipinski definition) is 4. The topological polar surface area (TPSA) is 36.9 Å². The summed E-state index contributed by atoms with van der Waals surface area (Å²) in [4.78, 5) is 0. The lowest BCUT2D eigenvalue weighted by Crippen LogP contribution is -2.53. The van der Waals surface area contributed by atoms with Gasteiger partial charge < -0.3 is 18.9 Å². The Kier molecular flexibility index (Phi) is 9.93. The van der Waals surface area contributed by atoms with Crippen molar-refractivity contribution < 1.29 is 62.9 Å². The van der Waals surface area contributed by atoms with E-state index < -0.39 is 65.2 Å². The smallest absolute Gasteiger partial charge is 0.424 e. The second-order valence-corrected chi connectivity index (χ2v) is 10.7. The van der Waals surface area contributed by atoms with Crippen molar-refractivity contribution in [3.05, 3.63) is 120 Å². The second-order valence-electron chi connectivity index (χ2n) is 10.7. The molecule has 0 amide bonds. The van der Waals surface area contributed by atoms with Gasteiger partial charge in [0.15, 0.2) is 0 Å². The maximum atomic E-state index is 15.4. The van der Waals surface area contributed by atoms with Gasteiger partial charge in [0.1, 0.15) is 23.0 Å². The Labute approximate surface area is 262 Å². The van der Waals surface area contributed by atoms with E-state index in [-0.39, 0.29) is 0 Å². The van der Waals surface area contributed by atoms with Crippen LogP contribution in [-0.4, -0.2) is 36.8 Å². The Morgan fingerprint density at radius 2 is 0.660 bits per heavy atom. The third-order valence-electron chi connectivity index (χ3n) is 6.85. The largest absolute Gasteiger partial charge is 0.449 e. The number of halogens is 10. The van der Waals surface area contributed by atoms with Gasteiger partial charge in [-0.25, -0.2) is 8.78 Å². The molecule has 4 nitrogen and oxygen atoms in total. The maximum absolute atomic E-state index is 15.4. The SMILES string of the molecule is CC(C)(c1ccc(OC(F)(Oc2ccccc2)C(F)C(F)(F)F)cc1)c1ccc(OC(F)(Oc2ccccc2)C(F)C(F)(F)F)cc1. The Morgan fingerprint density at radius 3 is 0.915 bits per heavy atom. The van der Waals surface area contributed by atoms with Gasteiger partial charge in [-0.1, -0.05) is 74.5 Å². The summed E-state index contributed by atoms with van der Waals surface area (Å²) in [5.74, 6) is -1.88. The Hall–Kier alpha value is -4.62. The predicted molar refractivity (Wildman–Crippen MR) is 150 cm³/mol. The van der Waals surface area contributed by atoms with Crippen molar-refractivity contribution in [2.24, 2.45) is 0 Å². The molecule has 0 aliphatic heterocycles. The molecule has 14 heteroatoms. The number of alkyl halides is 10. The minimum Gasteiger partial charge on any atom is -0.424 e. The monoisotopic (exact) mass is 676 g/mol. The summed E-state index contributed by atoms with van der Waals surface area (Å²) in [5, 5.41) is 0. The first-order valence-corrected chi connectivity index (χ1v) is 13.7. The summed E-state index contributed by atoms with van der Waals surface area (Å²) in [7, 11) is 0. The summed E-state index contributed by atoms with van der Waals surface area (Å²) in [5.41, 5.74) is -0.0126. The molecular formula is C33H26F10O4. The number of para-hydroxylation sites is 2. The van der Waals surface area contributed by atoms with Gasteiger partial charge in [0.05, 0.1) is 0 Å². The molecular weight excluding hydrogens is 650 g/mol. The van der Waals surface area contributed by atoms with Crippen LogP contribution in [0.2, 0.25) is 0 Å². The van der Waals surface area contributed by atoms with E-state index in [0.717, 1.165) is 48.5 Å². The minimum absolute atomic E-state index is 0.427. The van der Waals surface area contributed by atoms with E-state index in [1.807, 2.05) is 0 Å². The Bertz CT molecular complexity index is 1460. The highest BCUT2D eigenvalue weighted by molar-refractivity contribution is 5.42. The molecule has 4 rings (SSSR count). The predicted octanol–water partition coefficient (Wildman–Crippen LogP) is 9.98. The van der Waals surface area contributed by atoms with E-state index in [9.17, 15) is 35.1 Å². The zero-order chi connectivity index (χ0) is 34.7. The van der Waals surface area contributed by atoms with Crippen molar-refractivity contribution in [2.45, 2.75) is 56.0 Å². The van der Waals surface area contributed by atoms with Gasteiger partial charge in [-0.15, -0.1) is 0 Å². The number of ether oxygens (including phenoxy) is 4. The zero-order valence-corrected chi connectivity index (χ0v) is 24.5. The molecule has 4 unspecified atom stereocenters. The van der Waals surface area contributed by atoms with E-state index in [1.165, 1.54) is 60.7 Å². The normalized spacial score (nSPS) is 16.3. The molecule has 0 radical (unpaired) electrons. The maximum Gasteiger partial charge on any atom is 0.449 e. The molecule has 4 atom stereocenters. The molecule has 0 N–H and O–H groups in total. The molecule has 47 heavy (non-hydrogen) atoms. The van der Waals surface area contributed by atoms with Gasteiger partial charge in [0.2, 0.25) is 0 Å². The highest BCUT2D eigenvalue weighted by atomic mass is 19.4. The molecule has 0 fully saturated rings. The second kappa shape index (κ2) is 13.2. The van der Waals surface area contributed by atoms with Crippen LogP contribution in [0.1, 0.15) is 25.0 Å². The van der Waals surface area contributed by atoms with Gasteiger partial charge in [-0.3, -0.25) is 0 Å². The fourth-order valence-electron chi connectivity index (χ4n) is 4.31. The molecule has 0 heterocycles. The first-order chi connectivity index (χ1) is 21.8. The van der Waals surface area contributed by atoms with Crippen LogP contribution in [0.4, 0.5) is 43.9 Å². The van der Waals surface area contributed by atoms with Crippen LogP contribution >= 0.6 is 0 Å². The van der Waals surface area contributed by atoms with Crippen LogP contribution in [0, 0.1) is 0 Å². The lowest BCUT2D eigenvalue weighted by atomic mass is 9.78. The van der Waals surface area contributed by atoms with Crippen LogP contribution in [-0.2, 0) is 5.41 Å². The fourth-order valence-corrected chi connectivity index (χ4v) is 4.31.